The minimum absolute atomic E-state index is 0. The molecule has 0 radical (unpaired) electrons. The molecule has 0 fully saturated rings. The molecule has 0 aliphatic carbocycles. The van der Waals surface area contributed by atoms with Crippen molar-refractivity contribution in [2.75, 3.05) is 0 Å². The standard InChI is InChI=1S/C34H24N2.C22H15IN2.C12H11BO2.4C10H8N2.3CH4.2Ru/c1-2-6-25(7-3-1)26-9-11-27(12-10-26)28-13-15-29(16-14-28)30-17-19-31(20-18-30)32-21-23-36-34(24-32)33-8-4-5-22-35-33;23-20-10-8-17(9-11-20)16-4-6-18(7-5-16)19-12-14-25-22(15-19)21-3-1-2-13-24-21;14-13(15)12-8-6-11(7-9-12)10-4-2-1-3-5-10;4*1-3-7-11-9(5-1)10-6-2-4-8-12-10;;;;;/h1-24H;1-15H;1-9,14-15H;4*1-8H;3*1H4;;. The normalized spacial score (nSPS) is 9.82. The maximum absolute atomic E-state index is 8.94. The summed E-state index contributed by atoms with van der Waals surface area (Å²) in [5.74, 6) is 0. The zero-order chi connectivity index (χ0) is 84.8. The molecule has 18 heteroatoms. The van der Waals surface area contributed by atoms with Crippen molar-refractivity contribution in [1.29, 1.82) is 0 Å². The Kier molecular flexibility index (Phi) is 40.5. The van der Waals surface area contributed by atoms with E-state index in [1.807, 2.05) is 255 Å². The molecular weight excluding hydrogens is 1870 g/mol. The molecule has 0 spiro atoms. The topological polar surface area (TPSA) is 195 Å². The molecule has 20 aromatic rings. The van der Waals surface area contributed by atoms with Gasteiger partial charge in [0, 0.05) is 117 Å². The minimum Gasteiger partial charge on any atom is -0.423 e. The van der Waals surface area contributed by atoms with Crippen LogP contribution in [0.15, 0.2) is 487 Å². The molecule has 2 N–H and O–H groups in total. The summed E-state index contributed by atoms with van der Waals surface area (Å²) in [5, 5.41) is 17.9. The maximum Gasteiger partial charge on any atom is 0.488 e. The predicted octanol–water partition coefficient (Wildman–Crippen LogP) is 26.4. The first-order valence-corrected chi connectivity index (χ1v) is 41.1. The summed E-state index contributed by atoms with van der Waals surface area (Å²) in [6.07, 6.45) is 21.4. The minimum atomic E-state index is -1.39. The first-order valence-electron chi connectivity index (χ1n) is 40.1. The molecule has 129 heavy (non-hydrogen) atoms. The second kappa shape index (κ2) is 53.1. The van der Waals surface area contributed by atoms with Crippen LogP contribution >= 0.6 is 22.6 Å². The summed E-state index contributed by atoms with van der Waals surface area (Å²) < 4.78 is 1.25. The molecule has 8 aromatic carbocycles. The van der Waals surface area contributed by atoms with E-state index in [-0.39, 0.29) is 61.2 Å². The largest absolute Gasteiger partial charge is 0.488 e. The van der Waals surface area contributed by atoms with E-state index in [1.54, 1.807) is 74.1 Å². The molecule has 14 nitrogen and oxygen atoms in total. The van der Waals surface area contributed by atoms with Crippen molar-refractivity contribution < 1.29 is 49.0 Å². The van der Waals surface area contributed by atoms with Crippen LogP contribution in [-0.4, -0.2) is 77.0 Å². The molecule has 636 valence electrons. The summed E-state index contributed by atoms with van der Waals surface area (Å²) in [4.78, 5) is 51.2. The molecule has 0 bridgehead atoms. The van der Waals surface area contributed by atoms with Crippen LogP contribution in [0.5, 0.6) is 0 Å². The van der Waals surface area contributed by atoms with E-state index in [2.05, 4.69) is 240 Å². The number of pyridine rings is 12. The Labute approximate surface area is 796 Å². The number of hydrogen-bond acceptors (Lipinski definition) is 14. The molecule has 0 unspecified atom stereocenters. The number of nitrogens with zero attached hydrogens (tertiary/aromatic N) is 12. The summed E-state index contributed by atoms with van der Waals surface area (Å²) in [6, 6.07) is 137. The Hall–Kier alpha value is -14.5. The average Bonchev–Trinajstić information content (AvgIpc) is 0.819. The van der Waals surface area contributed by atoms with Crippen molar-refractivity contribution in [2.24, 2.45) is 0 Å². The fourth-order valence-electron chi connectivity index (χ4n) is 12.8. The number of benzene rings is 8. The van der Waals surface area contributed by atoms with Crippen molar-refractivity contribution in [2.45, 2.75) is 22.3 Å². The third-order valence-electron chi connectivity index (χ3n) is 19.2. The van der Waals surface area contributed by atoms with Gasteiger partial charge in [-0.25, -0.2) is 0 Å². The number of halogens is 1. The quantitative estimate of drug-likeness (QED) is 0.0771. The molecule has 20 rings (SSSR count). The van der Waals surface area contributed by atoms with Crippen LogP contribution in [0.1, 0.15) is 22.3 Å². The van der Waals surface area contributed by atoms with Gasteiger partial charge in [0.25, 0.3) is 0 Å². The first-order chi connectivity index (χ1) is 61.3. The molecule has 0 aliphatic rings. The van der Waals surface area contributed by atoms with E-state index in [9.17, 15) is 0 Å². The van der Waals surface area contributed by atoms with Gasteiger partial charge >= 0.3 is 7.12 Å². The molecule has 0 atom stereocenters. The summed E-state index contributed by atoms with van der Waals surface area (Å²) in [6.45, 7) is 0. The molecule has 0 amide bonds. The second-order valence-corrected chi connectivity index (χ2v) is 28.8. The predicted molar refractivity (Wildman–Crippen MR) is 532 cm³/mol. The zero-order valence-corrected chi connectivity index (χ0v) is 73.7. The van der Waals surface area contributed by atoms with Crippen LogP contribution in [0.4, 0.5) is 0 Å². The van der Waals surface area contributed by atoms with E-state index in [0.29, 0.717) is 5.46 Å². The van der Waals surface area contributed by atoms with Crippen LogP contribution in [0.25, 0.3) is 146 Å². The SMILES string of the molecule is C.C.C.Ic1ccc(-c2ccc(-c3ccnc(-c4ccccn4)c3)cc2)cc1.OB(O)c1ccc(-c2ccccc2)cc1.[Ru].[Ru].c1ccc(-c2ccc(-c3ccc(-c4ccc(-c5ccnc(-c6ccccn6)c5)cc4)cc3)cc2)cc1.c1ccc(-c2ccccn2)nc1.c1ccc(-c2ccccn2)nc1.c1ccc(-c2ccccn2)nc1.c1ccc(-c2ccccn2)nc1. The van der Waals surface area contributed by atoms with Crippen molar-refractivity contribution in [1.82, 2.24) is 59.8 Å². The molecule has 0 saturated carbocycles. The Balaban J connectivity index is 0.000000177. The monoisotopic (exact) mass is 1970 g/mol. The fourth-order valence-corrected chi connectivity index (χ4v) is 13.2. The van der Waals surface area contributed by atoms with E-state index in [0.717, 1.165) is 96.1 Å². The van der Waals surface area contributed by atoms with Crippen molar-refractivity contribution in [3.63, 3.8) is 0 Å². The van der Waals surface area contributed by atoms with Crippen LogP contribution < -0.4 is 5.46 Å². The Morgan fingerprint density at radius 2 is 0.310 bits per heavy atom. The van der Waals surface area contributed by atoms with Gasteiger partial charge in [0.05, 0.1) is 68.3 Å². The maximum atomic E-state index is 8.94. The van der Waals surface area contributed by atoms with Gasteiger partial charge in [-0.05, 0) is 264 Å². The Bertz CT molecular complexity index is 6030. The van der Waals surface area contributed by atoms with Crippen molar-refractivity contribution in [3.8, 4) is 146 Å². The molecule has 12 aromatic heterocycles. The molecule has 12 heterocycles. The smallest absolute Gasteiger partial charge is 0.423 e. The number of hydrogen-bond donors (Lipinski definition) is 2. The first kappa shape index (κ1) is 98.3. The van der Waals surface area contributed by atoms with Gasteiger partial charge in [-0.1, -0.05) is 277 Å². The molecule has 0 saturated heterocycles. The molecular formula is C111H94BIN12O2Ru2. The third kappa shape index (κ3) is 29.8. The van der Waals surface area contributed by atoms with Gasteiger partial charge in [0.1, 0.15) is 0 Å². The third-order valence-corrected chi connectivity index (χ3v) is 19.9. The van der Waals surface area contributed by atoms with Crippen molar-refractivity contribution >= 4 is 35.2 Å². The van der Waals surface area contributed by atoms with Gasteiger partial charge in [-0.2, -0.15) is 0 Å². The van der Waals surface area contributed by atoms with Gasteiger partial charge < -0.3 is 10.0 Å². The Morgan fingerprint density at radius 3 is 0.496 bits per heavy atom. The van der Waals surface area contributed by atoms with Gasteiger partial charge in [-0.3, -0.25) is 59.8 Å². The molecule has 0 aliphatic heterocycles. The van der Waals surface area contributed by atoms with Gasteiger partial charge in [0.15, 0.2) is 0 Å². The summed E-state index contributed by atoms with van der Waals surface area (Å²) in [5.41, 5.74) is 27.9. The van der Waals surface area contributed by atoms with E-state index in [4.69, 9.17) is 10.0 Å². The van der Waals surface area contributed by atoms with Crippen LogP contribution in [-0.2, 0) is 39.0 Å². The van der Waals surface area contributed by atoms with Gasteiger partial charge in [-0.15, -0.1) is 0 Å². The summed E-state index contributed by atoms with van der Waals surface area (Å²) in [7, 11) is -1.39. The fraction of sp³-hybridized carbons (Fsp3) is 0.0270. The number of rotatable bonds is 14. The van der Waals surface area contributed by atoms with Gasteiger partial charge in [0.2, 0.25) is 0 Å². The number of aromatic nitrogens is 12. The van der Waals surface area contributed by atoms with E-state index in [1.165, 1.54) is 53.6 Å². The van der Waals surface area contributed by atoms with Crippen molar-refractivity contribution in [3.05, 3.63) is 490 Å². The summed E-state index contributed by atoms with van der Waals surface area (Å²) >= 11 is 2.33. The van der Waals surface area contributed by atoms with Crippen LogP contribution in [0.2, 0.25) is 0 Å². The van der Waals surface area contributed by atoms with Crippen LogP contribution in [0.3, 0.4) is 0 Å². The zero-order valence-electron chi connectivity index (χ0n) is 68.1. The van der Waals surface area contributed by atoms with E-state index >= 15 is 0 Å². The Morgan fingerprint density at radius 1 is 0.155 bits per heavy atom. The second-order valence-electron chi connectivity index (χ2n) is 27.6. The average molecular weight is 1970 g/mol. The van der Waals surface area contributed by atoms with Crippen LogP contribution in [0, 0.1) is 3.57 Å². The van der Waals surface area contributed by atoms with E-state index < -0.39 is 7.12 Å².